The average Bonchev–Trinajstić information content (AvgIpc) is 4.22. The van der Waals surface area contributed by atoms with Crippen molar-refractivity contribution in [2.45, 2.75) is 60.3 Å². The van der Waals surface area contributed by atoms with Gasteiger partial charge in [-0.25, -0.2) is 15.0 Å². The molecule has 75 heavy (non-hydrogen) atoms. The second-order valence-electron chi connectivity index (χ2n) is 18.4. The summed E-state index contributed by atoms with van der Waals surface area (Å²) in [4.78, 5) is 20.5. The maximum atomic E-state index is 6.97. The molecular weight excluding hydrogens is 993 g/mol. The Morgan fingerprint density at radius 1 is 0.373 bits per heavy atom. The van der Waals surface area contributed by atoms with Crippen LogP contribution in [0.3, 0.4) is 0 Å². The van der Waals surface area contributed by atoms with Gasteiger partial charge in [-0.05, 0) is 131 Å². The molecule has 7 aromatic carbocycles. The minimum atomic E-state index is 0.344. The van der Waals surface area contributed by atoms with E-state index in [0.29, 0.717) is 101 Å². The molecule has 0 spiro atoms. The topological polar surface area (TPSA) is 84.6 Å². The number of anilines is 2. The summed E-state index contributed by atoms with van der Waals surface area (Å²) in [6, 6.07) is 54.3. The Morgan fingerprint density at radius 2 is 0.667 bits per heavy atom. The fraction of sp³-hybridized carbons (Fsp3) is 0.203. The summed E-state index contributed by atoms with van der Waals surface area (Å²) in [6.07, 6.45) is 2.11. The smallest absolute Gasteiger partial charge is 0.227 e. The molecule has 0 saturated carbocycles. The van der Waals surface area contributed by atoms with Gasteiger partial charge in [0, 0.05) is 87.6 Å². The predicted octanol–water partition coefficient (Wildman–Crippen LogP) is 19.2. The Balaban J connectivity index is 1.20. The quantitative estimate of drug-likeness (QED) is 0.0840. The molecule has 10 aromatic rings. The molecule has 0 fully saturated rings. The van der Waals surface area contributed by atoms with E-state index >= 15 is 0 Å². The second kappa shape index (κ2) is 22.6. The van der Waals surface area contributed by atoms with Crippen LogP contribution in [0.2, 0.25) is 15.1 Å². The molecular formula is C64H58Cl3N5O3. The van der Waals surface area contributed by atoms with Gasteiger partial charge in [-0.3, -0.25) is 0 Å². The third-order valence-corrected chi connectivity index (χ3v) is 15.1. The number of rotatable bonds is 18. The summed E-state index contributed by atoms with van der Waals surface area (Å²) in [5.41, 5.74) is 12.1. The average molecular weight is 1050 g/mol. The number of nitrogens with zero attached hydrogens (tertiary/aromatic N) is 5. The van der Waals surface area contributed by atoms with Crippen molar-refractivity contribution in [3.05, 3.63) is 184 Å². The van der Waals surface area contributed by atoms with E-state index in [0.717, 1.165) is 72.6 Å². The van der Waals surface area contributed by atoms with Gasteiger partial charge in [0.25, 0.3) is 0 Å². The van der Waals surface area contributed by atoms with E-state index in [2.05, 4.69) is 124 Å². The van der Waals surface area contributed by atoms with Gasteiger partial charge in [0.15, 0.2) is 17.3 Å². The van der Waals surface area contributed by atoms with Crippen LogP contribution in [-0.2, 0) is 0 Å². The number of oxazole rings is 3. The van der Waals surface area contributed by atoms with Gasteiger partial charge < -0.3 is 23.1 Å². The first kappa shape index (κ1) is 51.1. The highest BCUT2D eigenvalue weighted by molar-refractivity contribution is 6.34. The molecule has 0 saturated heterocycles. The third-order valence-electron chi connectivity index (χ3n) is 14.1. The molecule has 3 heterocycles. The number of halogens is 3. The maximum absolute atomic E-state index is 6.97. The lowest BCUT2D eigenvalue weighted by Gasteiger charge is -2.21. The molecule has 8 nitrogen and oxygen atoms in total. The van der Waals surface area contributed by atoms with Crippen LogP contribution in [-0.4, -0.2) is 41.1 Å². The molecule has 11 heteroatoms. The first-order chi connectivity index (χ1) is 36.6. The number of benzene rings is 7. The van der Waals surface area contributed by atoms with Gasteiger partial charge in [0.2, 0.25) is 17.7 Å². The first-order valence-electron chi connectivity index (χ1n) is 25.9. The highest BCUT2D eigenvalue weighted by Gasteiger charge is 2.27. The number of hydrogen-bond donors (Lipinski definition) is 0. The first-order valence-corrected chi connectivity index (χ1v) is 27.0. The van der Waals surface area contributed by atoms with Crippen LogP contribution in [0.1, 0.15) is 65.9 Å². The monoisotopic (exact) mass is 1050 g/mol. The Kier molecular flexibility index (Phi) is 15.4. The second-order valence-corrected chi connectivity index (χ2v) is 19.6. The van der Waals surface area contributed by atoms with E-state index < -0.39 is 0 Å². The van der Waals surface area contributed by atoms with Gasteiger partial charge >= 0.3 is 0 Å². The molecule has 3 aromatic heterocycles. The van der Waals surface area contributed by atoms with E-state index in [-0.39, 0.29) is 0 Å². The summed E-state index contributed by atoms with van der Waals surface area (Å²) in [6.45, 7) is 16.6. The van der Waals surface area contributed by atoms with Crippen LogP contribution in [0.15, 0.2) is 177 Å². The van der Waals surface area contributed by atoms with Crippen molar-refractivity contribution < 1.29 is 13.3 Å². The molecule has 0 atom stereocenters. The van der Waals surface area contributed by atoms with Crippen molar-refractivity contribution in [2.24, 2.45) is 0 Å². The van der Waals surface area contributed by atoms with Crippen LogP contribution in [0.4, 0.5) is 11.4 Å². The van der Waals surface area contributed by atoms with Crippen LogP contribution in [0.25, 0.3) is 102 Å². The molecule has 0 radical (unpaired) electrons. The van der Waals surface area contributed by atoms with E-state index in [4.69, 9.17) is 63.0 Å². The zero-order valence-electron chi connectivity index (χ0n) is 43.0. The SMILES string of the molecule is CCC(CC)c1ccc(-c2nc(-c3cc(-c4nc(-c5ccc(N(CC)CC)cc5)c(-c5ccccc5Cl)o4)cc(-c4nc(-c5ccc(N(CC)CC)cc5)c(-c5ccccc5Cl)o4)c3)oc2-c2ccccc2Cl)cc1. The number of hydrogen-bond acceptors (Lipinski definition) is 8. The Labute approximate surface area is 454 Å². The standard InChI is InChI=1S/C64H58Cl3N5O3/c1-7-40(8-2)41-25-27-42(28-26-41)56-59(50-19-13-16-22-53(50)65)73-62(68-56)45-37-46(63-69-57(60(74-63)51-20-14-17-23-54(51)66)43-29-33-48(34-30-43)71(9-3)10-4)39-47(38-45)64-70-58(61(75-64)52-21-15-18-24-55(52)67)44-31-35-49(36-32-44)72(11-5)12-6/h13-40H,7-12H2,1-6H3. The predicted molar refractivity (Wildman–Crippen MR) is 311 cm³/mol. The summed E-state index contributed by atoms with van der Waals surface area (Å²) in [7, 11) is 0. The molecule has 378 valence electrons. The van der Waals surface area contributed by atoms with E-state index in [1.807, 2.05) is 91.0 Å². The highest BCUT2D eigenvalue weighted by atomic mass is 35.5. The summed E-state index contributed by atoms with van der Waals surface area (Å²) < 4.78 is 20.8. The van der Waals surface area contributed by atoms with Crippen molar-refractivity contribution >= 4 is 46.2 Å². The van der Waals surface area contributed by atoms with Gasteiger partial charge in [0.05, 0.1) is 15.1 Å². The van der Waals surface area contributed by atoms with Gasteiger partial charge in [-0.2, -0.15) is 0 Å². The Morgan fingerprint density at radius 3 is 0.947 bits per heavy atom. The largest absolute Gasteiger partial charge is 0.435 e. The minimum Gasteiger partial charge on any atom is -0.435 e. The van der Waals surface area contributed by atoms with Crippen LogP contribution >= 0.6 is 34.8 Å². The lowest BCUT2D eigenvalue weighted by atomic mass is 9.93. The van der Waals surface area contributed by atoms with Gasteiger partial charge in [-0.1, -0.05) is 134 Å². The molecule has 0 bridgehead atoms. The highest BCUT2D eigenvalue weighted by Crippen LogP contribution is 2.46. The van der Waals surface area contributed by atoms with Gasteiger partial charge in [0.1, 0.15) is 17.1 Å². The maximum Gasteiger partial charge on any atom is 0.227 e. The number of aromatic nitrogens is 3. The van der Waals surface area contributed by atoms with Crippen molar-refractivity contribution in [1.29, 1.82) is 0 Å². The molecule has 10 rings (SSSR count). The Bertz CT molecular complexity index is 3180. The van der Waals surface area contributed by atoms with Crippen molar-refractivity contribution in [3.63, 3.8) is 0 Å². The molecule has 0 aliphatic heterocycles. The lowest BCUT2D eigenvalue weighted by molar-refractivity contribution is 0.584. The fourth-order valence-corrected chi connectivity index (χ4v) is 10.6. The molecule has 0 N–H and O–H groups in total. The van der Waals surface area contributed by atoms with E-state index in [9.17, 15) is 0 Å². The van der Waals surface area contributed by atoms with Crippen LogP contribution in [0.5, 0.6) is 0 Å². The van der Waals surface area contributed by atoms with Crippen molar-refractivity contribution in [2.75, 3.05) is 36.0 Å². The van der Waals surface area contributed by atoms with E-state index in [1.165, 1.54) is 5.56 Å². The molecule has 0 amide bonds. The normalized spacial score (nSPS) is 11.4. The lowest BCUT2D eigenvalue weighted by Crippen LogP contribution is -2.21. The van der Waals surface area contributed by atoms with Crippen molar-refractivity contribution in [3.8, 4) is 102 Å². The fourth-order valence-electron chi connectivity index (χ4n) is 9.91. The van der Waals surface area contributed by atoms with Crippen molar-refractivity contribution in [1.82, 2.24) is 15.0 Å². The Hall–Kier alpha value is -7.36. The van der Waals surface area contributed by atoms with Gasteiger partial charge in [-0.15, -0.1) is 0 Å². The molecule has 0 aliphatic rings. The molecule has 0 aliphatic carbocycles. The third kappa shape index (κ3) is 10.4. The summed E-state index contributed by atoms with van der Waals surface area (Å²) >= 11 is 20.9. The zero-order chi connectivity index (χ0) is 52.2. The summed E-state index contributed by atoms with van der Waals surface area (Å²) in [5.74, 6) is 3.09. The molecule has 0 unspecified atom stereocenters. The van der Waals surface area contributed by atoms with Crippen LogP contribution in [0, 0.1) is 0 Å². The zero-order valence-corrected chi connectivity index (χ0v) is 45.3. The minimum absolute atomic E-state index is 0.344. The summed E-state index contributed by atoms with van der Waals surface area (Å²) in [5, 5.41) is 1.61. The van der Waals surface area contributed by atoms with Crippen LogP contribution < -0.4 is 9.80 Å². The van der Waals surface area contributed by atoms with E-state index in [1.54, 1.807) is 0 Å².